The fourth-order valence-electron chi connectivity index (χ4n) is 1.97. The molecule has 0 aromatic carbocycles. The zero-order valence-corrected chi connectivity index (χ0v) is 10.2. The average Bonchev–Trinajstić information content (AvgIpc) is 2.59. The molecule has 0 radical (unpaired) electrons. The van der Waals surface area contributed by atoms with Gasteiger partial charge in [-0.2, -0.15) is 0 Å². The molecule has 94 valence electrons. The number of aromatic nitrogens is 1. The van der Waals surface area contributed by atoms with E-state index in [0.29, 0.717) is 11.8 Å². The number of esters is 1. The van der Waals surface area contributed by atoms with Gasteiger partial charge in [0.25, 0.3) is 0 Å². The maximum absolute atomic E-state index is 11.0. The van der Waals surface area contributed by atoms with E-state index in [1.807, 2.05) is 17.8 Å². The first-order valence-electron chi connectivity index (χ1n) is 5.84. The van der Waals surface area contributed by atoms with Gasteiger partial charge in [0.2, 0.25) is 0 Å². The molecular formula is C12H18N2O3. The largest absolute Gasteiger partial charge is 0.423 e. The molecule has 1 saturated heterocycles. The quantitative estimate of drug-likeness (QED) is 0.812. The Morgan fingerprint density at radius 2 is 2.18 bits per heavy atom. The number of hydrogen-bond donors (Lipinski definition) is 1. The predicted octanol–water partition coefficient (Wildman–Crippen LogP) is 1.54. The van der Waals surface area contributed by atoms with Crippen molar-refractivity contribution in [3.8, 4) is 5.75 Å². The van der Waals surface area contributed by atoms with Crippen LogP contribution >= 0.6 is 0 Å². The molecule has 0 bridgehead atoms. The highest BCUT2D eigenvalue weighted by molar-refractivity contribution is 5.72. The molecule has 0 aliphatic carbocycles. The van der Waals surface area contributed by atoms with Gasteiger partial charge in [-0.25, -0.2) is 0 Å². The van der Waals surface area contributed by atoms with Crippen molar-refractivity contribution >= 4 is 11.7 Å². The lowest BCUT2D eigenvalue weighted by Gasteiger charge is -2.23. The maximum Gasteiger partial charge on any atom is 0.308 e. The number of rotatable bonds is 3. The van der Waals surface area contributed by atoms with Gasteiger partial charge >= 0.3 is 5.97 Å². The first kappa shape index (κ1) is 12.0. The van der Waals surface area contributed by atoms with Gasteiger partial charge in [0.05, 0.1) is 5.69 Å². The maximum atomic E-state index is 11.0. The fraction of sp³-hybridized carbons (Fsp3) is 0.583. The second kappa shape index (κ2) is 5.23. The zero-order valence-electron chi connectivity index (χ0n) is 10.2. The Hall–Kier alpha value is -1.49. The molecule has 1 aliphatic rings. The SMILES string of the molecule is CC(=O)Oc1cn(C)cc1NC1CCOCC1. The van der Waals surface area contributed by atoms with Gasteiger partial charge in [0.1, 0.15) is 0 Å². The van der Waals surface area contributed by atoms with Gasteiger partial charge in [0.15, 0.2) is 5.75 Å². The number of carbonyl (C=O) groups excluding carboxylic acids is 1. The van der Waals surface area contributed by atoms with Gasteiger partial charge in [0, 0.05) is 45.6 Å². The average molecular weight is 238 g/mol. The highest BCUT2D eigenvalue weighted by Crippen LogP contribution is 2.27. The summed E-state index contributed by atoms with van der Waals surface area (Å²) in [5.41, 5.74) is 0.870. The van der Waals surface area contributed by atoms with Gasteiger partial charge in [-0.15, -0.1) is 0 Å². The molecule has 0 atom stereocenters. The van der Waals surface area contributed by atoms with Crippen LogP contribution in [-0.2, 0) is 16.6 Å². The Kier molecular flexibility index (Phi) is 3.68. The van der Waals surface area contributed by atoms with Gasteiger partial charge in [-0.3, -0.25) is 4.79 Å². The molecule has 0 saturated carbocycles. The van der Waals surface area contributed by atoms with Crippen molar-refractivity contribution in [1.29, 1.82) is 0 Å². The second-order valence-corrected chi connectivity index (χ2v) is 4.33. The van der Waals surface area contributed by atoms with Crippen LogP contribution in [0.3, 0.4) is 0 Å². The predicted molar refractivity (Wildman–Crippen MR) is 64.2 cm³/mol. The number of carbonyl (C=O) groups is 1. The normalized spacial score (nSPS) is 16.8. The second-order valence-electron chi connectivity index (χ2n) is 4.33. The lowest BCUT2D eigenvalue weighted by atomic mass is 10.1. The zero-order chi connectivity index (χ0) is 12.3. The van der Waals surface area contributed by atoms with E-state index in [1.54, 1.807) is 6.20 Å². The number of nitrogens with one attached hydrogen (secondary N) is 1. The Balaban J connectivity index is 2.05. The van der Waals surface area contributed by atoms with Crippen LogP contribution in [0.1, 0.15) is 19.8 Å². The molecule has 0 amide bonds. The Morgan fingerprint density at radius 1 is 1.47 bits per heavy atom. The van der Waals surface area contributed by atoms with Gasteiger partial charge < -0.3 is 19.4 Å². The van der Waals surface area contributed by atoms with Crippen LogP contribution in [0.15, 0.2) is 12.4 Å². The van der Waals surface area contributed by atoms with Crippen LogP contribution in [0, 0.1) is 0 Å². The minimum absolute atomic E-state index is 0.300. The minimum Gasteiger partial charge on any atom is -0.423 e. The lowest BCUT2D eigenvalue weighted by Crippen LogP contribution is -2.27. The van der Waals surface area contributed by atoms with E-state index < -0.39 is 0 Å². The van der Waals surface area contributed by atoms with Crippen LogP contribution in [0.25, 0.3) is 0 Å². The Labute approximate surface area is 101 Å². The molecule has 1 fully saturated rings. The Bertz CT molecular complexity index is 394. The highest BCUT2D eigenvalue weighted by atomic mass is 16.5. The van der Waals surface area contributed by atoms with E-state index in [4.69, 9.17) is 9.47 Å². The summed E-state index contributed by atoms with van der Waals surface area (Å²) < 4.78 is 12.3. The van der Waals surface area contributed by atoms with Crippen molar-refractivity contribution in [2.24, 2.45) is 7.05 Å². The van der Waals surface area contributed by atoms with E-state index in [9.17, 15) is 4.79 Å². The molecule has 2 heterocycles. The smallest absolute Gasteiger partial charge is 0.308 e. The molecule has 0 unspecified atom stereocenters. The third kappa shape index (κ3) is 3.23. The monoisotopic (exact) mass is 238 g/mol. The molecule has 1 aromatic heterocycles. The van der Waals surface area contributed by atoms with Crippen molar-refractivity contribution in [2.75, 3.05) is 18.5 Å². The summed E-state index contributed by atoms with van der Waals surface area (Å²) in [7, 11) is 1.90. The van der Waals surface area contributed by atoms with Gasteiger partial charge in [-0.1, -0.05) is 0 Å². The van der Waals surface area contributed by atoms with E-state index in [0.717, 1.165) is 31.7 Å². The van der Waals surface area contributed by atoms with E-state index in [1.165, 1.54) is 6.92 Å². The number of ether oxygens (including phenoxy) is 2. The number of nitrogens with zero attached hydrogens (tertiary/aromatic N) is 1. The van der Waals surface area contributed by atoms with Crippen molar-refractivity contribution in [2.45, 2.75) is 25.8 Å². The molecule has 17 heavy (non-hydrogen) atoms. The molecule has 5 heteroatoms. The summed E-state index contributed by atoms with van der Waals surface area (Å²) in [6.07, 6.45) is 5.68. The van der Waals surface area contributed by atoms with Crippen LogP contribution in [-0.4, -0.2) is 29.8 Å². The summed E-state index contributed by atoms with van der Waals surface area (Å²) in [6, 6.07) is 0.389. The molecule has 2 rings (SSSR count). The topological polar surface area (TPSA) is 52.5 Å². The minimum atomic E-state index is -0.300. The van der Waals surface area contributed by atoms with Crippen molar-refractivity contribution in [1.82, 2.24) is 4.57 Å². The van der Waals surface area contributed by atoms with Crippen molar-refractivity contribution in [3.63, 3.8) is 0 Å². The molecular weight excluding hydrogens is 220 g/mol. The van der Waals surface area contributed by atoms with Crippen molar-refractivity contribution < 1.29 is 14.3 Å². The fourth-order valence-corrected chi connectivity index (χ4v) is 1.97. The van der Waals surface area contributed by atoms with Crippen LogP contribution in [0.2, 0.25) is 0 Å². The standard InChI is InChI=1S/C12H18N2O3/c1-9(15)17-12-8-14(2)7-11(12)13-10-3-5-16-6-4-10/h7-8,10,13H,3-6H2,1-2H3. The third-order valence-corrected chi connectivity index (χ3v) is 2.75. The van der Waals surface area contributed by atoms with E-state index in [2.05, 4.69) is 5.32 Å². The molecule has 5 nitrogen and oxygen atoms in total. The van der Waals surface area contributed by atoms with E-state index >= 15 is 0 Å². The lowest BCUT2D eigenvalue weighted by molar-refractivity contribution is -0.131. The third-order valence-electron chi connectivity index (χ3n) is 2.75. The molecule has 1 N–H and O–H groups in total. The molecule has 1 aromatic rings. The summed E-state index contributed by atoms with van der Waals surface area (Å²) in [4.78, 5) is 11.0. The molecule has 0 spiro atoms. The van der Waals surface area contributed by atoms with E-state index in [-0.39, 0.29) is 5.97 Å². The number of aryl methyl sites for hydroxylation is 1. The van der Waals surface area contributed by atoms with Crippen LogP contribution in [0.4, 0.5) is 5.69 Å². The summed E-state index contributed by atoms with van der Waals surface area (Å²) >= 11 is 0. The van der Waals surface area contributed by atoms with Crippen LogP contribution < -0.4 is 10.1 Å². The summed E-state index contributed by atoms with van der Waals surface area (Å²) in [6.45, 7) is 2.98. The highest BCUT2D eigenvalue weighted by Gasteiger charge is 2.17. The van der Waals surface area contributed by atoms with Crippen molar-refractivity contribution in [3.05, 3.63) is 12.4 Å². The molecule has 1 aliphatic heterocycles. The Morgan fingerprint density at radius 3 is 2.82 bits per heavy atom. The number of hydrogen-bond acceptors (Lipinski definition) is 4. The van der Waals surface area contributed by atoms with Gasteiger partial charge in [-0.05, 0) is 12.8 Å². The first-order chi connectivity index (χ1) is 8.15. The summed E-state index contributed by atoms with van der Waals surface area (Å²) in [5, 5.41) is 3.40. The number of anilines is 1. The van der Waals surface area contributed by atoms with Crippen LogP contribution in [0.5, 0.6) is 5.75 Å². The first-order valence-corrected chi connectivity index (χ1v) is 5.84. The summed E-state index contributed by atoms with van der Waals surface area (Å²) in [5.74, 6) is 0.290.